The van der Waals surface area contributed by atoms with Gasteiger partial charge < -0.3 is 20.5 Å². The molecule has 0 bridgehead atoms. The number of hydrogen-bond acceptors (Lipinski definition) is 5. The Morgan fingerprint density at radius 3 is 2.40 bits per heavy atom. The minimum Gasteiger partial charge on any atom is -0.478 e. The van der Waals surface area contributed by atoms with E-state index in [1.54, 1.807) is 0 Å². The van der Waals surface area contributed by atoms with Crippen LogP contribution in [0.3, 0.4) is 0 Å². The summed E-state index contributed by atoms with van der Waals surface area (Å²) < 4.78 is 5.27. The standard InChI is InChI=1S/C17H24ClN3O4/c1-17(2,3)25-16(24)21-11-6-4-10(5-7-11)20-13-8-14(18)19-9-12(13)15(22)23/h8-11H,4-7H2,1-3H3,(H,19,20)(H,21,24)(H,22,23)/t10-,11-. The average molecular weight is 370 g/mol. The second-order valence-corrected chi connectivity index (χ2v) is 7.58. The van der Waals surface area contributed by atoms with Crippen LogP contribution in [0.5, 0.6) is 0 Å². The molecule has 3 N–H and O–H groups in total. The summed E-state index contributed by atoms with van der Waals surface area (Å²) in [6, 6.07) is 1.71. The molecule has 138 valence electrons. The molecule has 0 atom stereocenters. The quantitative estimate of drug-likeness (QED) is 0.700. The van der Waals surface area contributed by atoms with Crippen LogP contribution in [0.1, 0.15) is 56.8 Å². The zero-order valence-electron chi connectivity index (χ0n) is 14.6. The summed E-state index contributed by atoms with van der Waals surface area (Å²) in [5, 5.41) is 15.6. The van der Waals surface area contributed by atoms with E-state index in [9.17, 15) is 14.7 Å². The smallest absolute Gasteiger partial charge is 0.407 e. The first-order chi connectivity index (χ1) is 11.6. The molecule has 8 heteroatoms. The number of aromatic carboxylic acids is 1. The SMILES string of the molecule is CC(C)(C)OC(=O)N[C@H]1CC[C@H](Nc2cc(Cl)ncc2C(=O)O)CC1. The van der Waals surface area contributed by atoms with Crippen LogP contribution in [0.4, 0.5) is 10.5 Å². The summed E-state index contributed by atoms with van der Waals surface area (Å²) in [4.78, 5) is 26.9. The van der Waals surface area contributed by atoms with Crippen LogP contribution in [-0.2, 0) is 4.74 Å². The zero-order valence-corrected chi connectivity index (χ0v) is 15.4. The number of carbonyl (C=O) groups is 2. The number of rotatable bonds is 4. The van der Waals surface area contributed by atoms with Crippen LogP contribution in [0.15, 0.2) is 12.3 Å². The van der Waals surface area contributed by atoms with Gasteiger partial charge in [-0.3, -0.25) is 0 Å². The molecule has 0 spiro atoms. The van der Waals surface area contributed by atoms with Gasteiger partial charge in [-0.2, -0.15) is 0 Å². The van der Waals surface area contributed by atoms with E-state index in [0.29, 0.717) is 5.69 Å². The fraction of sp³-hybridized carbons (Fsp3) is 0.588. The first kappa shape index (κ1) is 19.3. The summed E-state index contributed by atoms with van der Waals surface area (Å²) in [7, 11) is 0. The van der Waals surface area contributed by atoms with Crippen LogP contribution in [-0.4, -0.2) is 39.8 Å². The second kappa shape index (κ2) is 7.91. The molecule has 1 aromatic heterocycles. The molecule has 1 aliphatic carbocycles. The molecule has 2 rings (SSSR count). The Kier molecular flexibility index (Phi) is 6.11. The van der Waals surface area contributed by atoms with Gasteiger partial charge in [-0.25, -0.2) is 14.6 Å². The Morgan fingerprint density at radius 2 is 1.84 bits per heavy atom. The Labute approximate surface area is 152 Å². The van der Waals surface area contributed by atoms with Crippen molar-refractivity contribution < 1.29 is 19.4 Å². The van der Waals surface area contributed by atoms with Crippen molar-refractivity contribution in [2.75, 3.05) is 5.32 Å². The van der Waals surface area contributed by atoms with Crippen LogP contribution < -0.4 is 10.6 Å². The van der Waals surface area contributed by atoms with Gasteiger partial charge >= 0.3 is 12.1 Å². The highest BCUT2D eigenvalue weighted by Gasteiger charge is 2.25. The molecular weight excluding hydrogens is 346 g/mol. The number of nitrogens with zero attached hydrogens (tertiary/aromatic N) is 1. The van der Waals surface area contributed by atoms with Crippen LogP contribution in [0.25, 0.3) is 0 Å². The lowest BCUT2D eigenvalue weighted by Crippen LogP contribution is -2.42. The van der Waals surface area contributed by atoms with Gasteiger partial charge in [0.15, 0.2) is 0 Å². The Hall–Kier alpha value is -2.02. The molecular formula is C17H24ClN3O4. The lowest BCUT2D eigenvalue weighted by atomic mass is 9.91. The van der Waals surface area contributed by atoms with E-state index in [1.165, 1.54) is 12.3 Å². The van der Waals surface area contributed by atoms with E-state index in [4.69, 9.17) is 16.3 Å². The summed E-state index contributed by atoms with van der Waals surface area (Å²) in [6.07, 6.45) is 4.04. The largest absolute Gasteiger partial charge is 0.478 e. The first-order valence-corrected chi connectivity index (χ1v) is 8.67. The summed E-state index contributed by atoms with van der Waals surface area (Å²) in [6.45, 7) is 5.48. The van der Waals surface area contributed by atoms with Crippen molar-refractivity contribution in [2.45, 2.75) is 64.1 Å². The molecule has 0 aliphatic heterocycles. The van der Waals surface area contributed by atoms with E-state index in [0.717, 1.165) is 25.7 Å². The van der Waals surface area contributed by atoms with Crippen molar-refractivity contribution in [3.8, 4) is 0 Å². The molecule has 7 nitrogen and oxygen atoms in total. The van der Waals surface area contributed by atoms with Crippen LogP contribution >= 0.6 is 11.6 Å². The number of amides is 1. The molecule has 1 saturated carbocycles. The highest BCUT2D eigenvalue weighted by molar-refractivity contribution is 6.29. The monoisotopic (exact) mass is 369 g/mol. The minimum absolute atomic E-state index is 0.0628. The molecule has 0 unspecified atom stereocenters. The highest BCUT2D eigenvalue weighted by Crippen LogP contribution is 2.26. The topological polar surface area (TPSA) is 101 Å². The van der Waals surface area contributed by atoms with Gasteiger partial charge in [0, 0.05) is 18.3 Å². The summed E-state index contributed by atoms with van der Waals surface area (Å²) in [5.41, 5.74) is 0.0471. The molecule has 1 aliphatic rings. The van der Waals surface area contributed by atoms with Crippen LogP contribution in [0, 0.1) is 0 Å². The maximum Gasteiger partial charge on any atom is 0.407 e. The van der Waals surface area contributed by atoms with Crippen molar-refractivity contribution in [3.63, 3.8) is 0 Å². The van der Waals surface area contributed by atoms with E-state index in [-0.39, 0.29) is 22.8 Å². The van der Waals surface area contributed by atoms with Gasteiger partial charge in [0.05, 0.1) is 5.69 Å². The molecule has 0 saturated heterocycles. The van der Waals surface area contributed by atoms with E-state index in [2.05, 4.69) is 15.6 Å². The van der Waals surface area contributed by atoms with E-state index >= 15 is 0 Å². The van der Waals surface area contributed by atoms with E-state index in [1.807, 2.05) is 20.8 Å². The Bertz CT molecular complexity index is 637. The lowest BCUT2D eigenvalue weighted by Gasteiger charge is -2.31. The first-order valence-electron chi connectivity index (χ1n) is 8.29. The van der Waals surface area contributed by atoms with Crippen molar-refractivity contribution in [3.05, 3.63) is 23.0 Å². The number of carbonyl (C=O) groups excluding carboxylic acids is 1. The number of anilines is 1. The zero-order chi connectivity index (χ0) is 18.6. The average Bonchev–Trinajstić information content (AvgIpc) is 2.47. The Balaban J connectivity index is 1.88. The highest BCUT2D eigenvalue weighted by atomic mass is 35.5. The number of nitrogens with one attached hydrogen (secondary N) is 2. The third-order valence-corrected chi connectivity index (χ3v) is 4.12. The number of ether oxygens (including phenoxy) is 1. The number of aromatic nitrogens is 1. The van der Waals surface area contributed by atoms with Gasteiger partial charge in [-0.15, -0.1) is 0 Å². The van der Waals surface area contributed by atoms with Gasteiger partial charge in [0.2, 0.25) is 0 Å². The van der Waals surface area contributed by atoms with Gasteiger partial charge in [-0.05, 0) is 52.5 Å². The number of carboxylic acid groups (broad SMARTS) is 1. The number of carboxylic acids is 1. The van der Waals surface area contributed by atoms with E-state index < -0.39 is 17.7 Å². The number of halogens is 1. The van der Waals surface area contributed by atoms with Gasteiger partial charge in [0.1, 0.15) is 16.3 Å². The predicted octanol–water partition coefficient (Wildman–Crippen LogP) is 3.68. The van der Waals surface area contributed by atoms with Crippen molar-refractivity contribution in [1.29, 1.82) is 0 Å². The molecule has 0 aromatic carbocycles. The van der Waals surface area contributed by atoms with Crippen molar-refractivity contribution >= 4 is 29.4 Å². The second-order valence-electron chi connectivity index (χ2n) is 7.20. The summed E-state index contributed by atoms with van der Waals surface area (Å²) in [5.74, 6) is -1.05. The maximum atomic E-state index is 11.8. The fourth-order valence-corrected chi connectivity index (χ4v) is 2.95. The molecule has 1 amide bonds. The van der Waals surface area contributed by atoms with Gasteiger partial charge in [-0.1, -0.05) is 11.6 Å². The third-order valence-electron chi connectivity index (χ3n) is 3.91. The fourth-order valence-electron chi connectivity index (χ4n) is 2.80. The lowest BCUT2D eigenvalue weighted by molar-refractivity contribution is 0.0491. The maximum absolute atomic E-state index is 11.8. The molecule has 1 fully saturated rings. The van der Waals surface area contributed by atoms with Gasteiger partial charge in [0.25, 0.3) is 0 Å². The van der Waals surface area contributed by atoms with Crippen molar-refractivity contribution in [1.82, 2.24) is 10.3 Å². The predicted molar refractivity (Wildman–Crippen MR) is 95.2 cm³/mol. The number of hydrogen-bond donors (Lipinski definition) is 3. The minimum atomic E-state index is -1.05. The molecule has 1 aromatic rings. The summed E-state index contributed by atoms with van der Waals surface area (Å²) >= 11 is 5.87. The number of alkyl carbamates (subject to hydrolysis) is 1. The Morgan fingerprint density at radius 1 is 1.24 bits per heavy atom. The number of pyridine rings is 1. The molecule has 1 heterocycles. The third kappa shape index (κ3) is 6.08. The normalized spacial score (nSPS) is 20.6. The molecule has 25 heavy (non-hydrogen) atoms. The molecule has 0 radical (unpaired) electrons. The van der Waals surface area contributed by atoms with Crippen molar-refractivity contribution in [2.24, 2.45) is 0 Å². The van der Waals surface area contributed by atoms with Crippen LogP contribution in [0.2, 0.25) is 5.15 Å².